The summed E-state index contributed by atoms with van der Waals surface area (Å²) in [5.74, 6) is -4.12. The molecule has 2 aliphatic rings. The fraction of sp³-hybridized carbons (Fsp3) is 0.500. The predicted molar refractivity (Wildman–Crippen MR) is 138 cm³/mol. The molecule has 3 heterocycles. The number of hydrogen-bond acceptors (Lipinski definition) is 15. The van der Waals surface area contributed by atoms with Crippen molar-refractivity contribution in [3.63, 3.8) is 0 Å². The van der Waals surface area contributed by atoms with Gasteiger partial charge in [0, 0.05) is 34.1 Å². The van der Waals surface area contributed by atoms with Crippen molar-refractivity contribution < 1.29 is 61.6 Å². The van der Waals surface area contributed by atoms with Crippen molar-refractivity contribution in [2.24, 2.45) is 0 Å². The van der Waals surface area contributed by atoms with Crippen molar-refractivity contribution in [3.8, 4) is 0 Å². The van der Waals surface area contributed by atoms with Gasteiger partial charge in [0.15, 0.2) is 17.8 Å². The lowest BCUT2D eigenvalue weighted by Gasteiger charge is -2.46. The highest BCUT2D eigenvalue weighted by molar-refractivity contribution is 8.01. The van der Waals surface area contributed by atoms with Crippen molar-refractivity contribution in [2.45, 2.75) is 74.7 Å². The zero-order chi connectivity index (χ0) is 30.8. The van der Waals surface area contributed by atoms with E-state index in [4.69, 9.17) is 32.8 Å². The van der Waals surface area contributed by atoms with Crippen LogP contribution in [0.15, 0.2) is 33.9 Å². The Balaban J connectivity index is 1.85. The summed E-state index contributed by atoms with van der Waals surface area (Å²) < 4.78 is 38.6. The van der Waals surface area contributed by atoms with E-state index in [0.717, 1.165) is 39.7 Å². The maximum atomic E-state index is 13.4. The highest BCUT2D eigenvalue weighted by atomic mass is 32.2. The number of benzene rings is 1. The topological polar surface area (TPSA) is 187 Å². The van der Waals surface area contributed by atoms with Gasteiger partial charge in [0.1, 0.15) is 30.4 Å². The minimum Gasteiger partial charge on any atom is -0.466 e. The maximum absolute atomic E-state index is 13.4. The van der Waals surface area contributed by atoms with Crippen LogP contribution >= 0.6 is 11.8 Å². The van der Waals surface area contributed by atoms with Crippen molar-refractivity contribution in [1.29, 1.82) is 0 Å². The highest BCUT2D eigenvalue weighted by Crippen LogP contribution is 2.48. The molecule has 15 nitrogen and oxygen atoms in total. The summed E-state index contributed by atoms with van der Waals surface area (Å²) in [5.41, 5.74) is 0.892. The fourth-order valence-corrected chi connectivity index (χ4v) is 5.98. The molecular formula is C26H28N2O13S. The smallest absolute Gasteiger partial charge is 0.417 e. The van der Waals surface area contributed by atoms with Crippen LogP contribution in [0.1, 0.15) is 34.1 Å². The normalized spacial score (nSPS) is 24.6. The van der Waals surface area contributed by atoms with E-state index in [1.54, 1.807) is 24.3 Å². The maximum Gasteiger partial charge on any atom is 0.417 e. The van der Waals surface area contributed by atoms with Gasteiger partial charge in [-0.25, -0.2) is 19.5 Å². The number of aromatic nitrogens is 1. The number of nitrogens with zero attached hydrogens (tertiary/aromatic N) is 2. The van der Waals surface area contributed by atoms with Crippen LogP contribution in [-0.4, -0.2) is 94.9 Å². The van der Waals surface area contributed by atoms with Gasteiger partial charge in [-0.1, -0.05) is 12.1 Å². The van der Waals surface area contributed by atoms with Gasteiger partial charge in [-0.15, -0.1) is 0 Å². The molecule has 0 saturated carbocycles. The number of imide groups is 1. The van der Waals surface area contributed by atoms with E-state index < -0.39 is 77.9 Å². The third-order valence-corrected chi connectivity index (χ3v) is 7.49. The highest BCUT2D eigenvalue weighted by Gasteiger charge is 2.64. The quantitative estimate of drug-likeness (QED) is 0.296. The number of carbonyl (C=O) groups excluding carboxylic acids is 6. The first-order valence-electron chi connectivity index (χ1n) is 12.6. The average molecular weight is 609 g/mol. The van der Waals surface area contributed by atoms with E-state index in [9.17, 15) is 28.8 Å². The third-order valence-electron chi connectivity index (χ3n) is 6.38. The van der Waals surface area contributed by atoms with Gasteiger partial charge < -0.3 is 32.8 Å². The van der Waals surface area contributed by atoms with Crippen molar-refractivity contribution in [2.75, 3.05) is 13.7 Å². The fourth-order valence-electron chi connectivity index (χ4n) is 4.85. The summed E-state index contributed by atoms with van der Waals surface area (Å²) in [4.78, 5) is 78.0. The Bertz CT molecular complexity index is 1380. The van der Waals surface area contributed by atoms with Gasteiger partial charge in [-0.2, -0.15) is 0 Å². The molecule has 0 radical (unpaired) electrons. The van der Waals surface area contributed by atoms with Crippen LogP contribution in [0.25, 0.3) is 11.1 Å². The summed E-state index contributed by atoms with van der Waals surface area (Å²) in [6.45, 7) is 3.76. The number of hydrogen-bond donors (Lipinski definition) is 0. The van der Waals surface area contributed by atoms with Gasteiger partial charge in [0.05, 0.1) is 7.11 Å². The summed E-state index contributed by atoms with van der Waals surface area (Å²) in [7, 11) is 1.11. The summed E-state index contributed by atoms with van der Waals surface area (Å²) in [6, 6.07) is 5.55. The van der Waals surface area contributed by atoms with E-state index in [0.29, 0.717) is 22.9 Å². The monoisotopic (exact) mass is 608 g/mol. The number of esters is 4. The number of thioether (sulfide) groups is 1. The molecular weight excluding hydrogens is 580 g/mol. The van der Waals surface area contributed by atoms with E-state index in [1.807, 2.05) is 0 Å². The molecule has 1 aromatic carbocycles. The average Bonchev–Trinajstić information content (AvgIpc) is 3.47. The lowest BCUT2D eigenvalue weighted by Crippen LogP contribution is -2.65. The van der Waals surface area contributed by atoms with Crippen molar-refractivity contribution in [3.05, 3.63) is 24.3 Å². The van der Waals surface area contributed by atoms with Crippen LogP contribution in [0.4, 0.5) is 4.79 Å². The van der Waals surface area contributed by atoms with E-state index in [-0.39, 0.29) is 11.6 Å². The van der Waals surface area contributed by atoms with Crippen LogP contribution in [0.3, 0.4) is 0 Å². The predicted octanol–water partition coefficient (Wildman–Crippen LogP) is 1.74. The molecule has 2 amide bonds. The third kappa shape index (κ3) is 6.33. The Labute approximate surface area is 243 Å². The first kappa shape index (κ1) is 30.8. The number of oxazole rings is 1. The van der Waals surface area contributed by atoms with Gasteiger partial charge in [-0.05, 0) is 23.9 Å². The SMILES string of the molecule is COC(=O)C1(Sc2nc3ccccc3o2)CC2OC(=O)N(C(C)=O)C2C(C(OC(C)=O)C(COC(C)=O)OC(C)=O)O1. The van der Waals surface area contributed by atoms with E-state index in [1.165, 1.54) is 0 Å². The molecule has 2 aliphatic heterocycles. The van der Waals surface area contributed by atoms with Crippen LogP contribution in [0.2, 0.25) is 0 Å². The molecule has 16 heteroatoms. The minimum atomic E-state index is -2.03. The zero-order valence-electron chi connectivity index (χ0n) is 23.2. The Morgan fingerprint density at radius 3 is 2.36 bits per heavy atom. The number of methoxy groups -OCH3 is 1. The van der Waals surface area contributed by atoms with E-state index in [2.05, 4.69) is 4.98 Å². The Morgan fingerprint density at radius 1 is 1.07 bits per heavy atom. The second-order valence-electron chi connectivity index (χ2n) is 9.41. The molecule has 0 bridgehead atoms. The first-order valence-corrected chi connectivity index (χ1v) is 13.5. The number of para-hydroxylation sites is 2. The number of amides is 2. The van der Waals surface area contributed by atoms with Gasteiger partial charge in [-0.3, -0.25) is 19.2 Å². The van der Waals surface area contributed by atoms with Gasteiger partial charge in [0.25, 0.3) is 5.22 Å². The molecule has 2 fully saturated rings. The Kier molecular flexibility index (Phi) is 9.06. The number of rotatable bonds is 9. The molecule has 0 spiro atoms. The van der Waals surface area contributed by atoms with Crippen LogP contribution in [-0.2, 0) is 52.4 Å². The molecule has 4 rings (SSSR count). The van der Waals surface area contributed by atoms with Gasteiger partial charge in [0.2, 0.25) is 10.8 Å². The zero-order valence-corrected chi connectivity index (χ0v) is 24.0. The molecule has 1 aromatic heterocycles. The van der Waals surface area contributed by atoms with Crippen LogP contribution < -0.4 is 0 Å². The van der Waals surface area contributed by atoms with E-state index >= 15 is 0 Å². The molecule has 6 atom stereocenters. The lowest BCUT2D eigenvalue weighted by molar-refractivity contribution is -0.219. The minimum absolute atomic E-state index is 0.00738. The Morgan fingerprint density at radius 2 is 1.76 bits per heavy atom. The molecule has 0 N–H and O–H groups in total. The number of ether oxygens (including phenoxy) is 6. The molecule has 2 saturated heterocycles. The Hall–Kier alpha value is -4.18. The second kappa shape index (κ2) is 12.4. The number of carbonyl (C=O) groups is 6. The second-order valence-corrected chi connectivity index (χ2v) is 10.6. The summed E-state index contributed by atoms with van der Waals surface area (Å²) in [6.07, 6.45) is -7.25. The largest absolute Gasteiger partial charge is 0.466 e. The summed E-state index contributed by atoms with van der Waals surface area (Å²) >= 11 is 0.711. The van der Waals surface area contributed by atoms with Crippen molar-refractivity contribution >= 4 is 58.7 Å². The van der Waals surface area contributed by atoms with Crippen LogP contribution in [0.5, 0.6) is 0 Å². The molecule has 226 valence electrons. The molecule has 2 aromatic rings. The molecule has 6 unspecified atom stereocenters. The number of fused-ring (bicyclic) bond motifs is 2. The lowest BCUT2D eigenvalue weighted by atomic mass is 9.89. The first-order chi connectivity index (χ1) is 19.8. The van der Waals surface area contributed by atoms with Gasteiger partial charge >= 0.3 is 30.0 Å². The standard InChI is InChI=1S/C26H28N2O13S/c1-12(29)28-20-18(40-25(28)34)10-26(23(33)35-5,42-24-27-16-8-6-7-9-17(16)39-24)41-22(20)21(38-15(4)32)19(37-14(3)31)11-36-13(2)30/h6-9,18-22H,10-11H2,1-5H3. The molecule has 0 aliphatic carbocycles. The van der Waals surface area contributed by atoms with Crippen LogP contribution in [0, 0.1) is 0 Å². The molecule has 42 heavy (non-hydrogen) atoms. The van der Waals surface area contributed by atoms with Crippen molar-refractivity contribution in [1.82, 2.24) is 9.88 Å². The summed E-state index contributed by atoms with van der Waals surface area (Å²) in [5, 5.41) is -0.00738.